The van der Waals surface area contributed by atoms with E-state index in [1.54, 1.807) is 25.1 Å². The van der Waals surface area contributed by atoms with E-state index < -0.39 is 67.5 Å². The van der Waals surface area contributed by atoms with Crippen molar-refractivity contribution < 1.29 is 66.4 Å². The maximum absolute atomic E-state index is 14.1. The lowest BCUT2D eigenvalue weighted by Crippen LogP contribution is -2.31. The first-order valence-corrected chi connectivity index (χ1v) is 20.6. The Bertz CT molecular complexity index is 2310. The molecule has 0 fully saturated rings. The zero-order valence-electron chi connectivity index (χ0n) is 31.2. The number of nitrogens with zero attached hydrogens (tertiary/aromatic N) is 4. The van der Waals surface area contributed by atoms with Crippen LogP contribution in [0, 0.1) is 12.7 Å². The quantitative estimate of drug-likeness (QED) is 0.0448. The van der Waals surface area contributed by atoms with Crippen LogP contribution in [-0.2, 0) is 39.7 Å². The van der Waals surface area contributed by atoms with Gasteiger partial charge in [-0.15, -0.1) is 16.7 Å². The van der Waals surface area contributed by atoms with E-state index in [0.29, 0.717) is 44.9 Å². The number of hydrogen-bond acceptors (Lipinski definition) is 10. The lowest BCUT2D eigenvalue weighted by atomic mass is 9.93. The van der Waals surface area contributed by atoms with Gasteiger partial charge in [0, 0.05) is 27.6 Å². The smallest absolute Gasteiger partial charge is 0.355 e. The summed E-state index contributed by atoms with van der Waals surface area (Å²) in [5.41, 5.74) is 0.500. The second kappa shape index (κ2) is 21.8. The minimum atomic E-state index is -4.10. The van der Waals surface area contributed by atoms with Gasteiger partial charge in [0.2, 0.25) is 0 Å². The van der Waals surface area contributed by atoms with Crippen LogP contribution in [0.15, 0.2) is 51.3 Å². The first kappa shape index (κ1) is 49.8. The fourth-order valence-electron chi connectivity index (χ4n) is 5.50. The van der Waals surface area contributed by atoms with Crippen molar-refractivity contribution in [1.82, 2.24) is 19.7 Å². The van der Waals surface area contributed by atoms with E-state index in [2.05, 4.69) is 10.4 Å². The number of esters is 1. The van der Waals surface area contributed by atoms with Crippen molar-refractivity contribution in [1.29, 1.82) is 0 Å². The molecule has 2 heterocycles. The number of aromatic nitrogens is 3. The number of anilines is 1. The highest BCUT2D eigenvalue weighted by atomic mass is 35.5. The van der Waals surface area contributed by atoms with Crippen LogP contribution in [0.3, 0.4) is 0 Å². The van der Waals surface area contributed by atoms with Gasteiger partial charge < -0.3 is 24.7 Å². The van der Waals surface area contributed by atoms with Gasteiger partial charge in [-0.1, -0.05) is 34.8 Å². The molecule has 60 heavy (non-hydrogen) atoms. The predicted octanol–water partition coefficient (Wildman–Crippen LogP) is 5.79. The van der Waals surface area contributed by atoms with E-state index in [1.165, 1.54) is 11.0 Å². The second-order valence-electron chi connectivity index (χ2n) is 12.5. The summed E-state index contributed by atoms with van der Waals surface area (Å²) in [5, 5.41) is 21.2. The zero-order chi connectivity index (χ0) is 45.2. The van der Waals surface area contributed by atoms with Crippen LogP contribution in [0.2, 0.25) is 10.0 Å². The van der Waals surface area contributed by atoms with E-state index in [9.17, 15) is 46.5 Å². The molecule has 3 aromatic rings. The average molecular weight is 947 g/mol. The molecule has 1 atom stereocenters. The van der Waals surface area contributed by atoms with Gasteiger partial charge in [-0.2, -0.15) is 13.5 Å². The maximum atomic E-state index is 14.1. The van der Waals surface area contributed by atoms with Crippen LogP contribution < -0.4 is 15.9 Å². The molecule has 0 saturated carbocycles. The number of imide groups is 1. The summed E-state index contributed by atoms with van der Waals surface area (Å²) in [7, 11) is -4.10. The molecule has 25 heteroatoms. The fourth-order valence-corrected chi connectivity index (χ4v) is 6.64. The molecular formula is C35H35Cl4F3N5O12P. The van der Waals surface area contributed by atoms with E-state index in [1.807, 2.05) is 0 Å². The first-order chi connectivity index (χ1) is 28.0. The molecule has 0 saturated heterocycles. The number of ether oxygens (including phenoxy) is 1. The lowest BCUT2D eigenvalue weighted by molar-refractivity contribution is -0.138. The number of halogens is 7. The monoisotopic (exact) mass is 945 g/mol. The predicted molar refractivity (Wildman–Crippen MR) is 212 cm³/mol. The third-order valence-corrected chi connectivity index (χ3v) is 10.1. The molecule has 2 amide bonds. The summed E-state index contributed by atoms with van der Waals surface area (Å²) in [6, 6.07) is 6.63. The maximum Gasteiger partial charge on any atom is 0.355 e. The van der Waals surface area contributed by atoms with Gasteiger partial charge >= 0.3 is 37.7 Å². The number of carboxylic acid groups (broad SMARTS) is 2. The average Bonchev–Trinajstić information content (AvgIpc) is 3.60. The Labute approximate surface area is 358 Å². The minimum Gasteiger partial charge on any atom is -0.480 e. The molecule has 1 aliphatic heterocycles. The van der Waals surface area contributed by atoms with Gasteiger partial charge in [0.25, 0.3) is 11.8 Å². The molecule has 1 aromatic heterocycles. The molecule has 0 bridgehead atoms. The van der Waals surface area contributed by atoms with Crippen LogP contribution in [-0.4, -0.2) is 88.9 Å². The summed E-state index contributed by atoms with van der Waals surface area (Å²) in [6.45, 7) is -0.539. The molecule has 1 unspecified atom stereocenters. The molecule has 5 rings (SSSR count). The third-order valence-electron chi connectivity index (χ3n) is 8.16. The molecular weight excluding hydrogens is 912 g/mol. The Morgan fingerprint density at radius 1 is 1.02 bits per heavy atom. The first-order valence-electron chi connectivity index (χ1n) is 17.2. The number of rotatable bonds is 13. The van der Waals surface area contributed by atoms with Gasteiger partial charge in [0.1, 0.15) is 21.9 Å². The number of hydrogen-bond donors (Lipinski definition) is 5. The number of alkyl halides is 3. The van der Waals surface area contributed by atoms with Crippen molar-refractivity contribution in [3.8, 4) is 5.69 Å². The number of amides is 2. The lowest BCUT2D eigenvalue weighted by Gasteiger charge is -2.16. The number of nitrogens with one attached hydrogen (secondary N) is 1. The number of aryl methyl sites for hydroxylation is 1. The van der Waals surface area contributed by atoms with Crippen LogP contribution >= 0.6 is 54.0 Å². The highest BCUT2D eigenvalue weighted by Crippen LogP contribution is 2.37. The van der Waals surface area contributed by atoms with Gasteiger partial charge in [-0.05, 0) is 87.1 Å². The Morgan fingerprint density at radius 2 is 1.62 bits per heavy atom. The fraction of sp³-hybridized carbons (Fsp3) is 0.343. The van der Waals surface area contributed by atoms with Crippen molar-refractivity contribution in [3.05, 3.63) is 89.8 Å². The van der Waals surface area contributed by atoms with Gasteiger partial charge in [0.05, 0.1) is 25.1 Å². The molecule has 0 radical (unpaired) electrons. The summed E-state index contributed by atoms with van der Waals surface area (Å²) in [4.78, 5) is 87.1. The summed E-state index contributed by atoms with van der Waals surface area (Å²) in [5.74, 6) is -4.97. The number of benzene rings is 2. The largest absolute Gasteiger partial charge is 0.480 e. The number of carbonyl (C=O) groups is 5. The zero-order valence-corrected chi connectivity index (χ0v) is 35.1. The molecule has 5 N–H and O–H groups in total. The summed E-state index contributed by atoms with van der Waals surface area (Å²) >= 11 is 23.6. The third kappa shape index (κ3) is 13.2. The van der Waals surface area contributed by atoms with E-state index in [-0.39, 0.29) is 50.9 Å². The highest BCUT2D eigenvalue weighted by Gasteiger charge is 2.39. The van der Waals surface area contributed by atoms with Crippen LogP contribution in [0.1, 0.15) is 56.1 Å². The molecule has 17 nitrogen and oxygen atoms in total. The standard InChI is InChI=1S/C19H17Cl2NO4.C13H10Cl2F3N3O3.C3H8NO5P/c1-2-26-19(25)16(21)10-11-9-12(7-8-15(11)20)22-17(23)13-5-3-4-6-14(13)18(22)24;1-5-19-21(13(24)20(5)12(17)18)10-3-6(2-8(15)11(22)23)7(14)4-9(10)16;5-3(6)1-4-2-10(7,8)9/h7-10H,2-6H2,1H3;3-4,8,12H,2H2,1H3,(H,22,23);4H,1-2H2,(H,5,6)(H2,7,8,9)/b16-10-;;. The van der Waals surface area contributed by atoms with Crippen molar-refractivity contribution in [3.63, 3.8) is 0 Å². The van der Waals surface area contributed by atoms with Crippen molar-refractivity contribution >= 4 is 95.5 Å². The van der Waals surface area contributed by atoms with Crippen LogP contribution in [0.4, 0.5) is 18.9 Å². The number of carbonyl (C=O) groups excluding carboxylic acids is 3. The Kier molecular flexibility index (Phi) is 18.1. The van der Waals surface area contributed by atoms with E-state index in [4.69, 9.17) is 71.1 Å². The van der Waals surface area contributed by atoms with E-state index >= 15 is 0 Å². The van der Waals surface area contributed by atoms with Gasteiger partial charge in [0.15, 0.2) is 5.82 Å². The van der Waals surface area contributed by atoms with Crippen LogP contribution in [0.25, 0.3) is 11.8 Å². The summed E-state index contributed by atoms with van der Waals surface area (Å²) in [6.07, 6.45) is 3.59. The molecule has 0 spiro atoms. The SMILES string of the molecule is CCOC(=O)/C(Cl)=C/c1cc(N2C(=O)C3=C(CCCC3)C2=O)ccc1Cl.Cc1nn(-c2cc(CC(Cl)C(=O)O)c(Cl)cc2F)c(=O)n1C(F)F.O=C(O)CNCP(=O)(O)O. The Morgan fingerprint density at radius 3 is 2.12 bits per heavy atom. The van der Waals surface area contributed by atoms with Crippen molar-refractivity contribution in [2.24, 2.45) is 0 Å². The topological polar surface area (TPSA) is 248 Å². The highest BCUT2D eigenvalue weighted by molar-refractivity contribution is 7.51. The number of aliphatic carboxylic acids is 2. The Balaban J connectivity index is 0.000000263. The van der Waals surface area contributed by atoms with Gasteiger partial charge in [-0.3, -0.25) is 29.1 Å². The van der Waals surface area contributed by atoms with Crippen molar-refractivity contribution in [2.75, 3.05) is 24.3 Å². The minimum absolute atomic E-state index is 0.0926. The molecule has 2 aliphatic rings. The van der Waals surface area contributed by atoms with Gasteiger partial charge in [-0.25, -0.2) is 23.4 Å². The molecule has 1 aliphatic carbocycles. The van der Waals surface area contributed by atoms with E-state index in [0.717, 1.165) is 31.9 Å². The molecule has 2 aromatic carbocycles. The van der Waals surface area contributed by atoms with Crippen LogP contribution in [0.5, 0.6) is 0 Å². The number of carboxylic acids is 2. The summed E-state index contributed by atoms with van der Waals surface area (Å²) < 4.78 is 55.2. The normalized spacial score (nSPS) is 14.6. The Hall–Kier alpha value is -4.53. The second-order valence-corrected chi connectivity index (χ2v) is 15.9. The molecule has 326 valence electrons. The van der Waals surface area contributed by atoms with Crippen molar-refractivity contribution in [2.45, 2.75) is 57.9 Å².